The van der Waals surface area contributed by atoms with Crippen LogP contribution in [0.4, 0.5) is 11.5 Å². The van der Waals surface area contributed by atoms with E-state index in [1.165, 1.54) is 0 Å². The molecule has 0 fully saturated rings. The molecule has 0 unspecified atom stereocenters. The van der Waals surface area contributed by atoms with Gasteiger partial charge in [-0.3, -0.25) is 9.89 Å². The zero-order chi connectivity index (χ0) is 14.3. The van der Waals surface area contributed by atoms with Gasteiger partial charge >= 0.3 is 0 Å². The number of aromatic nitrogens is 2. The number of carbonyl (C=O) groups is 1. The number of carbonyl (C=O) groups excluding carboxylic acids is 1. The molecule has 0 saturated carbocycles. The van der Waals surface area contributed by atoms with Crippen molar-refractivity contribution in [1.82, 2.24) is 10.2 Å². The lowest BCUT2D eigenvalue weighted by molar-refractivity contribution is -0.118. The van der Waals surface area contributed by atoms with E-state index in [1.807, 2.05) is 37.2 Å². The highest BCUT2D eigenvalue weighted by Crippen LogP contribution is 2.37. The van der Waals surface area contributed by atoms with Crippen molar-refractivity contribution in [2.75, 3.05) is 30.9 Å². The third-order valence-corrected chi connectivity index (χ3v) is 3.77. The molecule has 1 aromatic heterocycles. The van der Waals surface area contributed by atoms with Crippen molar-refractivity contribution in [3.8, 4) is 17.0 Å². The van der Waals surface area contributed by atoms with Crippen LogP contribution in [0.2, 0.25) is 0 Å². The maximum Gasteiger partial charge on any atom is 0.262 e. The largest absolute Gasteiger partial charge is 0.482 e. The lowest BCUT2D eigenvalue weighted by Gasteiger charge is -2.18. The minimum absolute atomic E-state index is 0.0604. The Labute approximate surface area is 124 Å². The maximum atomic E-state index is 11.4. The summed E-state index contributed by atoms with van der Waals surface area (Å²) in [6, 6.07) is 5.63. The monoisotopic (exact) mass is 336 g/mol. The molecule has 0 radical (unpaired) electrons. The predicted molar refractivity (Wildman–Crippen MR) is 80.2 cm³/mol. The number of nitrogens with zero attached hydrogens (tertiary/aromatic N) is 2. The number of fused-ring (bicyclic) bond motifs is 1. The van der Waals surface area contributed by atoms with Gasteiger partial charge in [0.05, 0.1) is 15.9 Å². The second-order valence-electron chi connectivity index (χ2n) is 4.68. The smallest absolute Gasteiger partial charge is 0.262 e. The Hall–Kier alpha value is -2.02. The zero-order valence-electron chi connectivity index (χ0n) is 11.0. The molecule has 0 atom stereocenters. The minimum Gasteiger partial charge on any atom is -0.482 e. The summed E-state index contributed by atoms with van der Waals surface area (Å²) in [5.41, 5.74) is 2.45. The Balaban J connectivity index is 2.03. The summed E-state index contributed by atoms with van der Waals surface area (Å²) in [7, 11) is 3.84. The van der Waals surface area contributed by atoms with Crippen LogP contribution in [-0.2, 0) is 4.79 Å². The third kappa shape index (κ3) is 2.14. The van der Waals surface area contributed by atoms with E-state index < -0.39 is 0 Å². The van der Waals surface area contributed by atoms with Gasteiger partial charge in [0.1, 0.15) is 5.75 Å². The fraction of sp³-hybridized carbons (Fsp3) is 0.231. The molecule has 0 spiro atoms. The number of hydrogen-bond donors (Lipinski definition) is 2. The summed E-state index contributed by atoms with van der Waals surface area (Å²) in [6.45, 7) is 0.0604. The molecule has 1 amide bonds. The Morgan fingerprint density at radius 1 is 1.40 bits per heavy atom. The van der Waals surface area contributed by atoms with Gasteiger partial charge in [-0.15, -0.1) is 0 Å². The van der Waals surface area contributed by atoms with Crippen molar-refractivity contribution in [3.05, 3.63) is 22.7 Å². The lowest BCUT2D eigenvalue weighted by atomic mass is 10.1. The number of anilines is 2. The van der Waals surface area contributed by atoms with Crippen molar-refractivity contribution >= 4 is 33.3 Å². The van der Waals surface area contributed by atoms with E-state index in [2.05, 4.69) is 31.4 Å². The topological polar surface area (TPSA) is 70.2 Å². The molecule has 104 valence electrons. The number of nitrogens with one attached hydrogen (secondary N) is 2. The number of ether oxygens (including phenoxy) is 1. The second-order valence-corrected chi connectivity index (χ2v) is 5.47. The highest BCUT2D eigenvalue weighted by molar-refractivity contribution is 9.10. The molecule has 2 heterocycles. The molecule has 6 nitrogen and oxygen atoms in total. The van der Waals surface area contributed by atoms with E-state index >= 15 is 0 Å². The van der Waals surface area contributed by atoms with Crippen molar-refractivity contribution in [2.45, 2.75) is 0 Å². The average molecular weight is 337 g/mol. The molecule has 2 aromatic rings. The third-order valence-electron chi connectivity index (χ3n) is 3.01. The Bertz CT molecular complexity index is 681. The number of benzene rings is 1. The first-order chi connectivity index (χ1) is 9.56. The molecule has 1 aromatic carbocycles. The number of hydrogen-bond acceptors (Lipinski definition) is 4. The number of halogens is 1. The summed E-state index contributed by atoms with van der Waals surface area (Å²) in [6.07, 6.45) is 0. The van der Waals surface area contributed by atoms with Gasteiger partial charge in [0.25, 0.3) is 5.91 Å². The van der Waals surface area contributed by atoms with E-state index in [0.29, 0.717) is 11.4 Å². The first kappa shape index (κ1) is 13.0. The highest BCUT2D eigenvalue weighted by Gasteiger charge is 2.19. The van der Waals surface area contributed by atoms with E-state index in [4.69, 9.17) is 4.74 Å². The van der Waals surface area contributed by atoms with E-state index in [1.54, 1.807) is 0 Å². The van der Waals surface area contributed by atoms with Crippen molar-refractivity contribution < 1.29 is 9.53 Å². The molecule has 1 aliphatic rings. The van der Waals surface area contributed by atoms with Gasteiger partial charge < -0.3 is 15.0 Å². The lowest BCUT2D eigenvalue weighted by Crippen LogP contribution is -2.25. The van der Waals surface area contributed by atoms with E-state index in [-0.39, 0.29) is 12.5 Å². The van der Waals surface area contributed by atoms with Crippen molar-refractivity contribution in [2.24, 2.45) is 0 Å². The van der Waals surface area contributed by atoms with Crippen LogP contribution < -0.4 is 15.0 Å². The van der Waals surface area contributed by atoms with Gasteiger partial charge in [0.2, 0.25) is 0 Å². The van der Waals surface area contributed by atoms with Crippen LogP contribution in [-0.4, -0.2) is 36.8 Å². The van der Waals surface area contributed by atoms with Gasteiger partial charge in [0.15, 0.2) is 12.4 Å². The summed E-state index contributed by atoms with van der Waals surface area (Å²) >= 11 is 3.54. The predicted octanol–water partition coefficient (Wildman–Crippen LogP) is 2.24. The first-order valence-electron chi connectivity index (χ1n) is 6.04. The van der Waals surface area contributed by atoms with Crippen LogP contribution >= 0.6 is 15.9 Å². The van der Waals surface area contributed by atoms with E-state index in [9.17, 15) is 4.79 Å². The maximum absolute atomic E-state index is 11.4. The molecule has 7 heteroatoms. The van der Waals surface area contributed by atoms with E-state index in [0.717, 1.165) is 21.5 Å². The molecule has 3 rings (SSSR count). The summed E-state index contributed by atoms with van der Waals surface area (Å²) in [4.78, 5) is 13.3. The standard InChI is InChI=1S/C13H13BrN4O2/c1-18(2)13-11(14)12(16-17-13)7-3-4-9-8(5-7)15-10(19)6-20-9/h3-5H,6H2,1-2H3,(H,15,19)(H,16,17). The van der Waals surface area contributed by atoms with Gasteiger partial charge in [-0.1, -0.05) is 0 Å². The SMILES string of the molecule is CN(C)c1n[nH]c(-c2ccc3c(c2)NC(=O)CO3)c1Br. The van der Waals surface area contributed by atoms with Crippen LogP contribution in [0.5, 0.6) is 5.75 Å². The van der Waals surface area contributed by atoms with Gasteiger partial charge in [-0.25, -0.2) is 0 Å². The quantitative estimate of drug-likeness (QED) is 0.882. The molecule has 0 saturated heterocycles. The van der Waals surface area contributed by atoms with Crippen LogP contribution in [0.25, 0.3) is 11.3 Å². The van der Waals surface area contributed by atoms with Crippen LogP contribution in [0.15, 0.2) is 22.7 Å². The molecule has 20 heavy (non-hydrogen) atoms. The molecule has 0 aliphatic carbocycles. The molecule has 1 aliphatic heterocycles. The summed E-state index contributed by atoms with van der Waals surface area (Å²) < 4.78 is 6.22. The first-order valence-corrected chi connectivity index (χ1v) is 6.84. The van der Waals surface area contributed by atoms with Crippen LogP contribution in [0, 0.1) is 0 Å². The zero-order valence-corrected chi connectivity index (χ0v) is 12.6. The fourth-order valence-electron chi connectivity index (χ4n) is 2.05. The van der Waals surface area contributed by atoms with Crippen molar-refractivity contribution in [1.29, 1.82) is 0 Å². The minimum atomic E-state index is -0.146. The molecular weight excluding hydrogens is 324 g/mol. The Morgan fingerprint density at radius 2 is 2.20 bits per heavy atom. The Morgan fingerprint density at radius 3 is 2.90 bits per heavy atom. The summed E-state index contributed by atoms with van der Waals surface area (Å²) in [5.74, 6) is 1.35. The van der Waals surface area contributed by atoms with Crippen LogP contribution in [0.3, 0.4) is 0 Å². The van der Waals surface area contributed by atoms with Crippen LogP contribution in [0.1, 0.15) is 0 Å². The normalized spacial score (nSPS) is 13.4. The fourth-order valence-corrected chi connectivity index (χ4v) is 2.81. The number of aromatic amines is 1. The second kappa shape index (κ2) is 4.82. The highest BCUT2D eigenvalue weighted by atomic mass is 79.9. The molecule has 0 bridgehead atoms. The number of rotatable bonds is 2. The van der Waals surface area contributed by atoms with Gasteiger partial charge in [-0.05, 0) is 34.1 Å². The molecular formula is C13H13BrN4O2. The Kier molecular flexibility index (Phi) is 3.13. The number of amides is 1. The summed E-state index contributed by atoms with van der Waals surface area (Å²) in [5, 5.41) is 10.0. The number of H-pyrrole nitrogens is 1. The molecule has 2 N–H and O–H groups in total. The van der Waals surface area contributed by atoms with Gasteiger partial charge in [0, 0.05) is 19.7 Å². The average Bonchev–Trinajstić information content (AvgIpc) is 2.80. The van der Waals surface area contributed by atoms with Gasteiger partial charge in [-0.2, -0.15) is 5.10 Å². The van der Waals surface area contributed by atoms with Crippen molar-refractivity contribution in [3.63, 3.8) is 0 Å².